The summed E-state index contributed by atoms with van der Waals surface area (Å²) in [6.45, 7) is 4.08. The number of nitrogens with zero attached hydrogens (tertiary/aromatic N) is 4. The van der Waals surface area contributed by atoms with Crippen LogP contribution in [0.3, 0.4) is 0 Å². The summed E-state index contributed by atoms with van der Waals surface area (Å²) in [7, 11) is 0. The van der Waals surface area contributed by atoms with Crippen LogP contribution in [0.2, 0.25) is 0 Å². The van der Waals surface area contributed by atoms with Crippen LogP contribution in [0, 0.1) is 5.82 Å². The topological polar surface area (TPSA) is 76.8 Å². The van der Waals surface area contributed by atoms with Crippen molar-refractivity contribution in [1.82, 2.24) is 14.6 Å². The van der Waals surface area contributed by atoms with Crippen LogP contribution in [-0.4, -0.2) is 27.1 Å². The predicted molar refractivity (Wildman–Crippen MR) is 140 cm³/mol. The number of para-hydroxylation sites is 1. The van der Waals surface area contributed by atoms with Gasteiger partial charge in [0.15, 0.2) is 5.82 Å². The number of aromatic nitrogens is 3. The number of thiazole rings is 1. The van der Waals surface area contributed by atoms with E-state index in [4.69, 9.17) is 4.74 Å². The van der Waals surface area contributed by atoms with E-state index in [9.17, 15) is 14.0 Å². The van der Waals surface area contributed by atoms with Crippen LogP contribution >= 0.6 is 11.3 Å². The molecule has 5 aromatic rings. The van der Waals surface area contributed by atoms with Gasteiger partial charge in [0.2, 0.25) is 4.96 Å². The van der Waals surface area contributed by atoms with Gasteiger partial charge < -0.3 is 9.64 Å². The van der Waals surface area contributed by atoms with Gasteiger partial charge in [0.05, 0.1) is 17.8 Å². The largest absolute Gasteiger partial charge is 0.490 e. The highest BCUT2D eigenvalue weighted by molar-refractivity contribution is 7.15. The first-order chi connectivity index (χ1) is 18.0. The molecule has 1 amide bonds. The molecule has 0 bridgehead atoms. The quantitative estimate of drug-likeness (QED) is 0.323. The highest BCUT2D eigenvalue weighted by Crippen LogP contribution is 2.36. The Morgan fingerprint density at radius 2 is 1.76 bits per heavy atom. The summed E-state index contributed by atoms with van der Waals surface area (Å²) >= 11 is 1.11. The lowest BCUT2D eigenvalue weighted by molar-refractivity contribution is -0.113. The van der Waals surface area contributed by atoms with Crippen molar-refractivity contribution >= 4 is 33.5 Å². The van der Waals surface area contributed by atoms with E-state index in [1.165, 1.54) is 15.5 Å². The molecule has 3 heterocycles. The maximum atomic E-state index is 14.4. The lowest BCUT2D eigenvalue weighted by Crippen LogP contribution is -2.32. The number of benzene rings is 3. The number of ether oxygens (including phenoxy) is 1. The molecule has 182 valence electrons. The SMILES string of the molecule is C=CCOc1ccc(-c2nc3s/c(=C4\C(=O)N(Cc5ccccc5F)c5ccccc54)c(=O)n3n2)cc1. The summed E-state index contributed by atoms with van der Waals surface area (Å²) in [6, 6.07) is 20.8. The zero-order chi connectivity index (χ0) is 25.5. The summed E-state index contributed by atoms with van der Waals surface area (Å²) < 4.78 is 21.3. The van der Waals surface area contributed by atoms with Crippen molar-refractivity contribution in [2.75, 3.05) is 11.5 Å². The summed E-state index contributed by atoms with van der Waals surface area (Å²) in [5.74, 6) is 0.333. The van der Waals surface area contributed by atoms with Crippen molar-refractivity contribution in [3.8, 4) is 17.1 Å². The van der Waals surface area contributed by atoms with Gasteiger partial charge in [-0.2, -0.15) is 9.50 Å². The van der Waals surface area contributed by atoms with Crippen LogP contribution in [0.25, 0.3) is 21.9 Å². The molecule has 3 aromatic carbocycles. The molecule has 2 aromatic heterocycles. The third kappa shape index (κ3) is 3.89. The van der Waals surface area contributed by atoms with E-state index < -0.39 is 11.4 Å². The van der Waals surface area contributed by atoms with Crippen molar-refractivity contribution in [2.45, 2.75) is 6.54 Å². The Hall–Kier alpha value is -4.63. The smallest absolute Gasteiger partial charge is 0.291 e. The molecule has 0 N–H and O–H groups in total. The van der Waals surface area contributed by atoms with Gasteiger partial charge in [-0.15, -0.1) is 5.10 Å². The van der Waals surface area contributed by atoms with Gasteiger partial charge in [-0.3, -0.25) is 9.59 Å². The molecule has 0 saturated heterocycles. The van der Waals surface area contributed by atoms with E-state index in [1.54, 1.807) is 54.6 Å². The highest BCUT2D eigenvalue weighted by Gasteiger charge is 2.34. The maximum Gasteiger partial charge on any atom is 0.291 e. The first-order valence-corrected chi connectivity index (χ1v) is 12.3. The first kappa shape index (κ1) is 22.8. The van der Waals surface area contributed by atoms with Gasteiger partial charge in [-0.1, -0.05) is 60.4 Å². The van der Waals surface area contributed by atoms with Crippen molar-refractivity contribution in [3.05, 3.63) is 117 Å². The number of amides is 1. The number of carbonyl (C=O) groups is 1. The number of halogens is 1. The molecule has 37 heavy (non-hydrogen) atoms. The van der Waals surface area contributed by atoms with Crippen molar-refractivity contribution in [3.63, 3.8) is 0 Å². The van der Waals surface area contributed by atoms with E-state index in [1.807, 2.05) is 18.2 Å². The number of fused-ring (bicyclic) bond motifs is 2. The monoisotopic (exact) mass is 510 g/mol. The second kappa shape index (κ2) is 9.11. The Kier molecular flexibility index (Phi) is 5.61. The summed E-state index contributed by atoms with van der Waals surface area (Å²) in [4.78, 5) is 33.4. The molecule has 0 saturated carbocycles. The van der Waals surface area contributed by atoms with Crippen LogP contribution in [0.4, 0.5) is 10.1 Å². The standard InChI is InChI=1S/C28H19FN4O3S/c1-2-15-36-19-13-11-17(12-14-19)25-30-28-33(31-25)27(35)24(37-28)23-20-8-4-6-10-22(20)32(26(23)34)16-18-7-3-5-9-21(18)29/h2-14H,1,15-16H2/b24-23-. The van der Waals surface area contributed by atoms with Crippen LogP contribution in [0.1, 0.15) is 11.1 Å². The summed E-state index contributed by atoms with van der Waals surface area (Å²) in [5, 5.41) is 4.40. The Bertz CT molecular complexity index is 1790. The van der Waals surface area contributed by atoms with Crippen LogP contribution in [-0.2, 0) is 11.3 Å². The molecular formula is C28H19FN4O3S. The summed E-state index contributed by atoms with van der Waals surface area (Å²) in [5.41, 5.74) is 2.23. The number of hydrogen-bond donors (Lipinski definition) is 0. The van der Waals surface area contributed by atoms with Gasteiger partial charge in [-0.25, -0.2) is 4.39 Å². The predicted octanol–water partition coefficient (Wildman–Crippen LogP) is 3.99. The second-order valence-corrected chi connectivity index (χ2v) is 9.34. The highest BCUT2D eigenvalue weighted by atomic mass is 32.1. The van der Waals surface area contributed by atoms with Gasteiger partial charge in [-0.05, 0) is 36.4 Å². The van der Waals surface area contributed by atoms with Crippen molar-refractivity contribution < 1.29 is 13.9 Å². The average molecular weight is 511 g/mol. The third-order valence-corrected chi connectivity index (χ3v) is 7.10. The number of hydrogen-bond acceptors (Lipinski definition) is 6. The van der Waals surface area contributed by atoms with E-state index >= 15 is 0 Å². The lowest BCUT2D eigenvalue weighted by atomic mass is 10.1. The molecule has 0 radical (unpaired) electrons. The molecule has 0 spiro atoms. The van der Waals surface area contributed by atoms with Gasteiger partial charge in [0.1, 0.15) is 22.7 Å². The fraction of sp³-hybridized carbons (Fsp3) is 0.0714. The van der Waals surface area contributed by atoms with E-state index in [-0.39, 0.29) is 22.6 Å². The van der Waals surface area contributed by atoms with Gasteiger partial charge in [0, 0.05) is 16.7 Å². The maximum absolute atomic E-state index is 14.4. The van der Waals surface area contributed by atoms with E-state index in [2.05, 4.69) is 16.7 Å². The number of carbonyl (C=O) groups excluding carboxylic acids is 1. The zero-order valence-electron chi connectivity index (χ0n) is 19.4. The molecular weight excluding hydrogens is 491 g/mol. The Balaban J connectivity index is 1.42. The molecule has 0 aliphatic carbocycles. The zero-order valence-corrected chi connectivity index (χ0v) is 20.2. The first-order valence-electron chi connectivity index (χ1n) is 11.5. The van der Waals surface area contributed by atoms with Crippen LogP contribution in [0.15, 0.2) is 90.2 Å². The summed E-state index contributed by atoms with van der Waals surface area (Å²) in [6.07, 6.45) is 1.66. The Morgan fingerprint density at radius 1 is 1.00 bits per heavy atom. The van der Waals surface area contributed by atoms with Crippen LogP contribution in [0.5, 0.6) is 5.75 Å². The van der Waals surface area contributed by atoms with E-state index in [0.717, 1.165) is 16.9 Å². The third-order valence-electron chi connectivity index (χ3n) is 6.07. The van der Waals surface area contributed by atoms with Crippen LogP contribution < -0.4 is 19.7 Å². The average Bonchev–Trinajstić information content (AvgIpc) is 3.55. The van der Waals surface area contributed by atoms with Crippen molar-refractivity contribution in [1.29, 1.82) is 0 Å². The minimum atomic E-state index is -0.421. The number of rotatable bonds is 6. The minimum Gasteiger partial charge on any atom is -0.490 e. The Labute approximate surface area is 214 Å². The fourth-order valence-electron chi connectivity index (χ4n) is 4.32. The fourth-order valence-corrected chi connectivity index (χ4v) is 5.31. The molecule has 1 aliphatic rings. The molecule has 0 unspecified atom stereocenters. The molecule has 0 fully saturated rings. The van der Waals surface area contributed by atoms with Gasteiger partial charge in [0.25, 0.3) is 11.5 Å². The van der Waals surface area contributed by atoms with Crippen molar-refractivity contribution in [2.24, 2.45) is 0 Å². The van der Waals surface area contributed by atoms with E-state index in [0.29, 0.717) is 40.0 Å². The normalized spacial score (nSPS) is 14.3. The molecule has 9 heteroatoms. The molecule has 6 rings (SSSR count). The molecule has 1 aliphatic heterocycles. The minimum absolute atomic E-state index is 0.0532. The molecule has 7 nitrogen and oxygen atoms in total. The second-order valence-electron chi connectivity index (χ2n) is 8.37. The molecule has 0 atom stereocenters. The lowest BCUT2D eigenvalue weighted by Gasteiger charge is -2.17. The Morgan fingerprint density at radius 3 is 2.51 bits per heavy atom. The van der Waals surface area contributed by atoms with Gasteiger partial charge >= 0.3 is 0 Å². The number of anilines is 1.